The SMILES string of the molecule is C=C(C)C(=O)OCC(=O)CC1C2CC3C(=C)CC1C3S2. The third-order valence-electron chi connectivity index (χ3n) is 4.86. The molecule has 5 atom stereocenters. The van der Waals surface area contributed by atoms with Crippen molar-refractivity contribution in [3.8, 4) is 0 Å². The molecule has 2 saturated heterocycles. The largest absolute Gasteiger partial charge is 0.454 e. The molecule has 3 aliphatic rings. The maximum atomic E-state index is 12.0. The molecule has 0 N–H and O–H groups in total. The van der Waals surface area contributed by atoms with Gasteiger partial charge < -0.3 is 4.74 Å². The molecule has 2 aliphatic heterocycles. The Balaban J connectivity index is 1.54. The second-order valence-corrected chi connectivity index (χ2v) is 7.69. The highest BCUT2D eigenvalue weighted by molar-refractivity contribution is 8.01. The van der Waals surface area contributed by atoms with Crippen LogP contribution in [0.25, 0.3) is 0 Å². The van der Waals surface area contributed by atoms with Gasteiger partial charge in [0.15, 0.2) is 5.78 Å². The molecular weight excluding hydrogens is 272 g/mol. The van der Waals surface area contributed by atoms with Gasteiger partial charge in [-0.1, -0.05) is 18.7 Å². The van der Waals surface area contributed by atoms with E-state index in [9.17, 15) is 9.59 Å². The molecule has 2 heterocycles. The molecule has 1 aliphatic carbocycles. The molecule has 3 nitrogen and oxygen atoms in total. The van der Waals surface area contributed by atoms with Gasteiger partial charge in [-0.15, -0.1) is 0 Å². The van der Waals surface area contributed by atoms with Crippen LogP contribution in [-0.2, 0) is 14.3 Å². The first-order chi connectivity index (χ1) is 9.47. The van der Waals surface area contributed by atoms with E-state index in [1.807, 2.05) is 0 Å². The second kappa shape index (κ2) is 5.06. The fourth-order valence-corrected chi connectivity index (χ4v) is 6.14. The van der Waals surface area contributed by atoms with Crippen molar-refractivity contribution < 1.29 is 14.3 Å². The van der Waals surface area contributed by atoms with Gasteiger partial charge in [0.05, 0.1) is 0 Å². The molecule has 4 heteroatoms. The molecule has 3 rings (SSSR count). The van der Waals surface area contributed by atoms with Crippen molar-refractivity contribution >= 4 is 23.5 Å². The van der Waals surface area contributed by atoms with Crippen LogP contribution in [0.2, 0.25) is 0 Å². The molecule has 0 aromatic heterocycles. The maximum Gasteiger partial charge on any atom is 0.333 e. The summed E-state index contributed by atoms with van der Waals surface area (Å²) in [5.41, 5.74) is 1.72. The van der Waals surface area contributed by atoms with Crippen LogP contribution in [0.1, 0.15) is 26.2 Å². The Bertz CT molecular complexity index is 496. The first-order valence-electron chi connectivity index (χ1n) is 7.15. The van der Waals surface area contributed by atoms with Gasteiger partial charge >= 0.3 is 5.97 Å². The Morgan fingerprint density at radius 1 is 1.45 bits per heavy atom. The van der Waals surface area contributed by atoms with Gasteiger partial charge in [0.1, 0.15) is 6.61 Å². The summed E-state index contributed by atoms with van der Waals surface area (Å²) in [5, 5.41) is 1.30. The summed E-state index contributed by atoms with van der Waals surface area (Å²) in [7, 11) is 0. The zero-order valence-electron chi connectivity index (χ0n) is 11.8. The standard InChI is InChI=1S/C16H20O3S/c1-8(2)16(18)19-7-10(17)5-12-13-4-9(3)11-6-14(12)20-15(11)13/h11-15H,1,3-7H2,2H3. The van der Waals surface area contributed by atoms with Gasteiger partial charge in [-0.2, -0.15) is 11.8 Å². The molecule has 0 radical (unpaired) electrons. The Hall–Kier alpha value is -1.03. The molecule has 20 heavy (non-hydrogen) atoms. The number of esters is 1. The fourth-order valence-electron chi connectivity index (χ4n) is 3.93. The van der Waals surface area contributed by atoms with Crippen LogP contribution < -0.4 is 0 Å². The van der Waals surface area contributed by atoms with Crippen LogP contribution in [0.3, 0.4) is 0 Å². The number of hydrogen-bond acceptors (Lipinski definition) is 4. The van der Waals surface area contributed by atoms with E-state index in [1.54, 1.807) is 6.92 Å². The van der Waals surface area contributed by atoms with E-state index in [1.165, 1.54) is 12.0 Å². The van der Waals surface area contributed by atoms with E-state index in [0.717, 1.165) is 6.42 Å². The monoisotopic (exact) mass is 292 g/mol. The van der Waals surface area contributed by atoms with Crippen molar-refractivity contribution in [3.63, 3.8) is 0 Å². The van der Waals surface area contributed by atoms with E-state index in [4.69, 9.17) is 4.74 Å². The van der Waals surface area contributed by atoms with Crippen LogP contribution in [0.15, 0.2) is 24.3 Å². The molecule has 0 amide bonds. The topological polar surface area (TPSA) is 43.4 Å². The lowest BCUT2D eigenvalue weighted by molar-refractivity contribution is -0.144. The Kier molecular flexibility index (Phi) is 3.53. The van der Waals surface area contributed by atoms with E-state index >= 15 is 0 Å². The fraction of sp³-hybridized carbons (Fsp3) is 0.625. The number of thioether (sulfide) groups is 1. The average molecular weight is 292 g/mol. The molecule has 0 aromatic rings. The molecule has 3 fully saturated rings. The van der Waals surface area contributed by atoms with Gasteiger partial charge in [0.2, 0.25) is 0 Å². The molecule has 2 bridgehead atoms. The van der Waals surface area contributed by atoms with Crippen LogP contribution in [0, 0.1) is 17.8 Å². The third kappa shape index (κ3) is 2.24. The minimum absolute atomic E-state index is 0.0341. The van der Waals surface area contributed by atoms with Gasteiger partial charge in [0, 0.05) is 22.5 Å². The lowest BCUT2D eigenvalue weighted by Gasteiger charge is -2.25. The Morgan fingerprint density at radius 3 is 2.90 bits per heavy atom. The van der Waals surface area contributed by atoms with Crippen molar-refractivity contribution in [1.82, 2.24) is 0 Å². The molecule has 0 aromatic carbocycles. The lowest BCUT2D eigenvalue weighted by Crippen LogP contribution is -2.29. The number of fused-ring (bicyclic) bond motifs is 1. The van der Waals surface area contributed by atoms with Gasteiger partial charge in [-0.25, -0.2) is 4.79 Å². The molecular formula is C16H20O3S. The van der Waals surface area contributed by atoms with Crippen LogP contribution in [0.4, 0.5) is 0 Å². The summed E-state index contributed by atoms with van der Waals surface area (Å²) >= 11 is 2.06. The minimum Gasteiger partial charge on any atom is -0.454 e. The lowest BCUT2D eigenvalue weighted by atomic mass is 9.77. The molecule has 1 saturated carbocycles. The maximum absolute atomic E-state index is 12.0. The second-order valence-electron chi connectivity index (χ2n) is 6.27. The summed E-state index contributed by atoms with van der Waals surface area (Å²) < 4.78 is 4.94. The van der Waals surface area contributed by atoms with E-state index in [0.29, 0.717) is 40.2 Å². The van der Waals surface area contributed by atoms with Crippen molar-refractivity contribution in [2.45, 2.75) is 36.7 Å². The number of ketones is 1. The molecule has 108 valence electrons. The predicted octanol–water partition coefficient (Wildman–Crippen LogP) is 2.76. The number of carbonyl (C=O) groups excluding carboxylic acids is 2. The summed E-state index contributed by atoms with van der Waals surface area (Å²) in [5.74, 6) is 1.33. The highest BCUT2D eigenvalue weighted by Gasteiger charge is 2.57. The quantitative estimate of drug-likeness (QED) is 0.444. The van der Waals surface area contributed by atoms with E-state index in [2.05, 4.69) is 24.9 Å². The molecule has 0 spiro atoms. The number of Topliss-reactive ketones (excluding diaryl/α,β-unsaturated/α-hetero) is 1. The summed E-state index contributed by atoms with van der Waals surface area (Å²) in [6.07, 6.45) is 2.82. The van der Waals surface area contributed by atoms with Crippen LogP contribution >= 0.6 is 11.8 Å². The minimum atomic E-state index is -0.477. The van der Waals surface area contributed by atoms with Crippen molar-refractivity contribution in [2.75, 3.05) is 6.61 Å². The summed E-state index contributed by atoms with van der Waals surface area (Å²) in [6.45, 7) is 9.17. The summed E-state index contributed by atoms with van der Waals surface area (Å²) in [4.78, 5) is 23.3. The first-order valence-corrected chi connectivity index (χ1v) is 8.09. The van der Waals surface area contributed by atoms with E-state index in [-0.39, 0.29) is 12.4 Å². The number of carbonyl (C=O) groups is 2. The van der Waals surface area contributed by atoms with Gasteiger partial charge in [0.25, 0.3) is 0 Å². The first kappa shape index (κ1) is 13.9. The number of rotatable bonds is 5. The zero-order valence-corrected chi connectivity index (χ0v) is 12.6. The van der Waals surface area contributed by atoms with Gasteiger partial charge in [-0.3, -0.25) is 4.79 Å². The van der Waals surface area contributed by atoms with Crippen molar-refractivity contribution in [2.24, 2.45) is 17.8 Å². The van der Waals surface area contributed by atoms with Gasteiger partial charge in [-0.05, 0) is 37.5 Å². The van der Waals surface area contributed by atoms with E-state index < -0.39 is 5.97 Å². The predicted molar refractivity (Wildman–Crippen MR) is 79.4 cm³/mol. The third-order valence-corrected chi connectivity index (χ3v) is 6.75. The Labute approximate surface area is 123 Å². The molecule has 5 unspecified atom stereocenters. The van der Waals surface area contributed by atoms with Crippen LogP contribution in [-0.4, -0.2) is 28.9 Å². The zero-order chi connectivity index (χ0) is 14.4. The highest BCUT2D eigenvalue weighted by Crippen LogP contribution is 2.64. The van der Waals surface area contributed by atoms with Crippen LogP contribution in [0.5, 0.6) is 0 Å². The van der Waals surface area contributed by atoms with Crippen molar-refractivity contribution in [3.05, 3.63) is 24.3 Å². The number of ether oxygens (including phenoxy) is 1. The highest BCUT2D eigenvalue weighted by atomic mass is 32.2. The summed E-state index contributed by atoms with van der Waals surface area (Å²) in [6, 6.07) is 0. The average Bonchev–Trinajstić information content (AvgIpc) is 3.00. The normalized spacial score (nSPS) is 37.2. The smallest absolute Gasteiger partial charge is 0.333 e. The van der Waals surface area contributed by atoms with Crippen molar-refractivity contribution in [1.29, 1.82) is 0 Å². The number of allylic oxidation sites excluding steroid dienone is 1. The number of hydrogen-bond donors (Lipinski definition) is 0. The Morgan fingerprint density at radius 2 is 2.20 bits per heavy atom.